The number of para-hydroxylation sites is 1. The Morgan fingerprint density at radius 3 is 2.58 bits per heavy atom. The fraction of sp³-hybridized carbons (Fsp3) is 0. The zero-order chi connectivity index (χ0) is 17.3. The minimum absolute atomic E-state index is 0.0116. The molecule has 2 amide bonds. The first kappa shape index (κ1) is 16.4. The molecule has 1 aliphatic heterocycles. The fourth-order valence-corrected chi connectivity index (χ4v) is 2.94. The SMILES string of the molecule is O=C1NC(=S)N(c2cccc(Br)c2)C(=O)C1=Cc1ccccc1O. The zero-order valence-corrected chi connectivity index (χ0v) is 14.6. The monoisotopic (exact) mass is 402 g/mol. The molecule has 3 rings (SSSR count). The Morgan fingerprint density at radius 1 is 1.12 bits per heavy atom. The molecule has 0 spiro atoms. The predicted octanol–water partition coefficient (Wildman–Crippen LogP) is 2.99. The van der Waals surface area contributed by atoms with Crippen molar-refractivity contribution in [3.63, 3.8) is 0 Å². The summed E-state index contributed by atoms with van der Waals surface area (Å²) in [6.07, 6.45) is 1.35. The highest BCUT2D eigenvalue weighted by Crippen LogP contribution is 2.26. The van der Waals surface area contributed by atoms with Gasteiger partial charge in [0.2, 0.25) is 0 Å². The lowest BCUT2D eigenvalue weighted by atomic mass is 10.1. The van der Waals surface area contributed by atoms with E-state index in [2.05, 4.69) is 21.2 Å². The number of amides is 2. The minimum atomic E-state index is -0.598. The molecule has 2 aromatic rings. The van der Waals surface area contributed by atoms with Crippen molar-refractivity contribution in [2.45, 2.75) is 0 Å². The van der Waals surface area contributed by atoms with Crippen LogP contribution in [0.5, 0.6) is 5.75 Å². The van der Waals surface area contributed by atoms with Gasteiger partial charge in [0.05, 0.1) is 5.69 Å². The van der Waals surface area contributed by atoms with E-state index >= 15 is 0 Å². The first-order valence-corrected chi connectivity index (χ1v) is 8.12. The maximum atomic E-state index is 12.8. The van der Waals surface area contributed by atoms with Gasteiger partial charge in [-0.2, -0.15) is 0 Å². The predicted molar refractivity (Wildman–Crippen MR) is 98.5 cm³/mol. The number of phenolic OH excluding ortho intramolecular Hbond substituents is 1. The van der Waals surface area contributed by atoms with Gasteiger partial charge in [-0.15, -0.1) is 0 Å². The average Bonchev–Trinajstić information content (AvgIpc) is 2.53. The first-order chi connectivity index (χ1) is 11.5. The second-order valence-electron chi connectivity index (χ2n) is 5.00. The third kappa shape index (κ3) is 3.08. The zero-order valence-electron chi connectivity index (χ0n) is 12.2. The number of nitrogens with zero attached hydrogens (tertiary/aromatic N) is 1. The van der Waals surface area contributed by atoms with Gasteiger partial charge in [-0.05, 0) is 42.6 Å². The van der Waals surface area contributed by atoms with Crippen LogP contribution < -0.4 is 10.2 Å². The van der Waals surface area contributed by atoms with Crippen LogP contribution in [0.2, 0.25) is 0 Å². The summed E-state index contributed by atoms with van der Waals surface area (Å²) in [7, 11) is 0. The number of nitrogens with one attached hydrogen (secondary N) is 1. The Morgan fingerprint density at radius 2 is 1.88 bits per heavy atom. The largest absolute Gasteiger partial charge is 0.507 e. The van der Waals surface area contributed by atoms with Crippen LogP contribution >= 0.6 is 28.1 Å². The van der Waals surface area contributed by atoms with Gasteiger partial charge in [-0.25, -0.2) is 0 Å². The Balaban J connectivity index is 2.05. The molecule has 24 heavy (non-hydrogen) atoms. The van der Waals surface area contributed by atoms with Crippen LogP contribution in [0.4, 0.5) is 5.69 Å². The van der Waals surface area contributed by atoms with Gasteiger partial charge >= 0.3 is 0 Å². The third-order valence-corrected chi connectivity index (χ3v) is 4.18. The molecule has 2 aromatic carbocycles. The second-order valence-corrected chi connectivity index (χ2v) is 6.30. The second kappa shape index (κ2) is 6.54. The van der Waals surface area contributed by atoms with E-state index < -0.39 is 11.8 Å². The van der Waals surface area contributed by atoms with Crippen LogP contribution in [0.1, 0.15) is 5.56 Å². The van der Waals surface area contributed by atoms with E-state index in [0.717, 1.165) is 4.47 Å². The molecule has 1 fully saturated rings. The number of hydrogen-bond acceptors (Lipinski definition) is 4. The van der Waals surface area contributed by atoms with Crippen LogP contribution in [0, 0.1) is 0 Å². The fourth-order valence-electron chi connectivity index (χ4n) is 2.27. The highest BCUT2D eigenvalue weighted by molar-refractivity contribution is 9.10. The van der Waals surface area contributed by atoms with E-state index in [0.29, 0.717) is 11.3 Å². The number of thiocarbonyl (C=S) groups is 1. The van der Waals surface area contributed by atoms with Gasteiger partial charge < -0.3 is 5.11 Å². The highest BCUT2D eigenvalue weighted by atomic mass is 79.9. The van der Waals surface area contributed by atoms with Crippen LogP contribution in [-0.2, 0) is 9.59 Å². The Labute approximate surface area is 151 Å². The first-order valence-electron chi connectivity index (χ1n) is 6.92. The number of carbonyl (C=O) groups is 2. The van der Waals surface area contributed by atoms with E-state index in [1.807, 2.05) is 6.07 Å². The lowest BCUT2D eigenvalue weighted by molar-refractivity contribution is -0.122. The molecule has 0 bridgehead atoms. The van der Waals surface area contributed by atoms with Gasteiger partial charge in [0.1, 0.15) is 11.3 Å². The standard InChI is InChI=1S/C17H11BrN2O3S/c18-11-5-3-6-12(9-11)20-16(23)13(15(22)19-17(20)24)8-10-4-1-2-7-14(10)21/h1-9,21H,(H,19,22,24). The van der Waals surface area contributed by atoms with Crippen molar-refractivity contribution in [1.29, 1.82) is 0 Å². The topological polar surface area (TPSA) is 69.6 Å². The van der Waals surface area contributed by atoms with E-state index in [4.69, 9.17) is 12.2 Å². The number of phenols is 1. The molecular weight excluding hydrogens is 392 g/mol. The average molecular weight is 403 g/mol. The van der Waals surface area contributed by atoms with Crippen LogP contribution in [0.15, 0.2) is 58.6 Å². The summed E-state index contributed by atoms with van der Waals surface area (Å²) < 4.78 is 0.777. The van der Waals surface area contributed by atoms with Crippen molar-refractivity contribution >= 4 is 56.8 Å². The van der Waals surface area contributed by atoms with Crippen molar-refractivity contribution in [2.24, 2.45) is 0 Å². The molecule has 0 aromatic heterocycles. The molecule has 5 nitrogen and oxygen atoms in total. The van der Waals surface area contributed by atoms with Gasteiger partial charge in [0.15, 0.2) is 5.11 Å². The van der Waals surface area contributed by atoms with Crippen molar-refractivity contribution < 1.29 is 14.7 Å². The molecule has 1 aliphatic rings. The van der Waals surface area contributed by atoms with Crippen molar-refractivity contribution in [3.05, 3.63) is 64.1 Å². The summed E-state index contributed by atoms with van der Waals surface area (Å²) >= 11 is 8.47. The number of halogens is 1. The summed E-state index contributed by atoms with van der Waals surface area (Å²) in [4.78, 5) is 26.2. The Hall–Kier alpha value is -2.51. The van der Waals surface area contributed by atoms with Crippen molar-refractivity contribution in [3.8, 4) is 5.75 Å². The lowest BCUT2D eigenvalue weighted by Gasteiger charge is -2.29. The molecule has 0 unspecified atom stereocenters. The van der Waals surface area contributed by atoms with E-state index in [1.54, 1.807) is 36.4 Å². The third-order valence-electron chi connectivity index (χ3n) is 3.40. The molecule has 0 aliphatic carbocycles. The smallest absolute Gasteiger partial charge is 0.270 e. The number of carbonyl (C=O) groups excluding carboxylic acids is 2. The summed E-state index contributed by atoms with van der Waals surface area (Å²) in [5.74, 6) is -1.17. The summed E-state index contributed by atoms with van der Waals surface area (Å²) in [6, 6.07) is 13.5. The van der Waals surface area contributed by atoms with Crippen LogP contribution in [0.3, 0.4) is 0 Å². The summed E-state index contributed by atoms with van der Waals surface area (Å²) in [6.45, 7) is 0. The summed E-state index contributed by atoms with van der Waals surface area (Å²) in [5, 5.41) is 12.4. The Kier molecular flexibility index (Phi) is 4.46. The molecule has 7 heteroatoms. The van der Waals surface area contributed by atoms with Crippen LogP contribution in [-0.4, -0.2) is 22.0 Å². The summed E-state index contributed by atoms with van der Waals surface area (Å²) in [5.41, 5.74) is 0.797. The molecule has 2 N–H and O–H groups in total. The maximum absolute atomic E-state index is 12.8. The van der Waals surface area contributed by atoms with Gasteiger partial charge in [0.25, 0.3) is 11.8 Å². The Bertz CT molecular complexity index is 895. The number of anilines is 1. The van der Waals surface area contributed by atoms with Gasteiger partial charge in [0, 0.05) is 10.0 Å². The molecule has 0 atom stereocenters. The number of benzene rings is 2. The molecule has 0 radical (unpaired) electrons. The molecule has 1 saturated heterocycles. The molecule has 0 saturated carbocycles. The number of hydrogen-bond donors (Lipinski definition) is 2. The molecular formula is C17H11BrN2O3S. The van der Waals surface area contributed by atoms with E-state index in [1.165, 1.54) is 17.0 Å². The minimum Gasteiger partial charge on any atom is -0.507 e. The number of rotatable bonds is 2. The normalized spacial score (nSPS) is 16.5. The highest BCUT2D eigenvalue weighted by Gasteiger charge is 2.34. The maximum Gasteiger partial charge on any atom is 0.270 e. The van der Waals surface area contributed by atoms with Crippen LogP contribution in [0.25, 0.3) is 6.08 Å². The quantitative estimate of drug-likeness (QED) is 0.460. The van der Waals surface area contributed by atoms with Crippen molar-refractivity contribution in [2.75, 3.05) is 4.90 Å². The number of aromatic hydroxyl groups is 1. The lowest BCUT2D eigenvalue weighted by Crippen LogP contribution is -2.54. The van der Waals surface area contributed by atoms with E-state index in [9.17, 15) is 14.7 Å². The molecule has 1 heterocycles. The molecule has 120 valence electrons. The van der Waals surface area contributed by atoms with Gasteiger partial charge in [-0.3, -0.25) is 19.8 Å². The van der Waals surface area contributed by atoms with Gasteiger partial charge in [-0.1, -0.05) is 40.2 Å². The van der Waals surface area contributed by atoms with Crippen molar-refractivity contribution in [1.82, 2.24) is 5.32 Å². The van der Waals surface area contributed by atoms with E-state index in [-0.39, 0.29) is 16.4 Å².